The van der Waals surface area contributed by atoms with E-state index in [1.165, 1.54) is 5.56 Å². The summed E-state index contributed by atoms with van der Waals surface area (Å²) in [7, 11) is 0. The third-order valence-corrected chi connectivity index (χ3v) is 1.95. The molecule has 12 heavy (non-hydrogen) atoms. The lowest BCUT2D eigenvalue weighted by molar-refractivity contribution is 0.568. The van der Waals surface area contributed by atoms with Crippen LogP contribution in [-0.2, 0) is 6.42 Å². The molecule has 1 atom stereocenters. The van der Waals surface area contributed by atoms with E-state index < -0.39 is 0 Å². The number of nitrogens with two attached hydrogens (primary N) is 1. The van der Waals surface area contributed by atoms with Gasteiger partial charge in [-0.15, -0.1) is 0 Å². The van der Waals surface area contributed by atoms with Gasteiger partial charge in [0, 0.05) is 11.1 Å². The fourth-order valence-corrected chi connectivity index (χ4v) is 1.29. The molecule has 0 spiro atoms. The van der Waals surface area contributed by atoms with E-state index in [1.54, 1.807) is 0 Å². The predicted molar refractivity (Wildman–Crippen MR) is 51.9 cm³/mol. The summed E-state index contributed by atoms with van der Waals surface area (Å²) < 4.78 is 0. The molecule has 0 heterocycles. The lowest BCUT2D eigenvalue weighted by atomic mass is 10.1. The summed E-state index contributed by atoms with van der Waals surface area (Å²) in [5.41, 5.74) is 3.89. The van der Waals surface area contributed by atoms with Crippen LogP contribution in [0, 0.1) is 0 Å². The summed E-state index contributed by atoms with van der Waals surface area (Å²) in [6, 6.07) is 8.09. The fourth-order valence-electron chi connectivity index (χ4n) is 1.08. The molecule has 3 N–H and O–H groups in total. The Hall–Kier alpha value is -0.570. The van der Waals surface area contributed by atoms with Crippen molar-refractivity contribution in [1.29, 1.82) is 0 Å². The van der Waals surface area contributed by atoms with Crippen LogP contribution < -0.4 is 11.3 Å². The van der Waals surface area contributed by atoms with Crippen LogP contribution in [0.4, 0.5) is 0 Å². The number of benzene rings is 1. The molecule has 0 amide bonds. The van der Waals surface area contributed by atoms with Gasteiger partial charge < -0.3 is 0 Å². The van der Waals surface area contributed by atoms with Gasteiger partial charge >= 0.3 is 0 Å². The monoisotopic (exact) mass is 184 g/mol. The Balaban J connectivity index is 2.63. The number of hydrogen-bond acceptors (Lipinski definition) is 2. The molecule has 0 radical (unpaired) electrons. The molecule has 1 unspecified atom stereocenters. The molecule has 0 bridgehead atoms. The zero-order valence-electron chi connectivity index (χ0n) is 7.05. The zero-order valence-corrected chi connectivity index (χ0v) is 7.81. The maximum absolute atomic E-state index is 5.82. The Morgan fingerprint density at radius 1 is 1.58 bits per heavy atom. The Morgan fingerprint density at radius 3 is 2.92 bits per heavy atom. The van der Waals surface area contributed by atoms with E-state index in [4.69, 9.17) is 17.4 Å². The Morgan fingerprint density at radius 2 is 2.33 bits per heavy atom. The Bertz CT molecular complexity index is 250. The van der Waals surface area contributed by atoms with Crippen molar-refractivity contribution < 1.29 is 0 Å². The molecular weight excluding hydrogens is 172 g/mol. The molecule has 2 nitrogen and oxygen atoms in total. The average Bonchev–Trinajstić information content (AvgIpc) is 2.04. The molecule has 0 saturated carbocycles. The highest BCUT2D eigenvalue weighted by atomic mass is 35.5. The minimum Gasteiger partial charge on any atom is -0.271 e. The second-order valence-electron chi connectivity index (χ2n) is 2.90. The van der Waals surface area contributed by atoms with E-state index in [2.05, 4.69) is 5.43 Å². The van der Waals surface area contributed by atoms with Gasteiger partial charge in [0.1, 0.15) is 0 Å². The fraction of sp³-hybridized carbons (Fsp3) is 0.333. The van der Waals surface area contributed by atoms with Crippen LogP contribution in [-0.4, -0.2) is 6.04 Å². The first-order chi connectivity index (χ1) is 5.72. The molecule has 0 aliphatic carbocycles. The van der Waals surface area contributed by atoms with E-state index in [-0.39, 0.29) is 6.04 Å². The van der Waals surface area contributed by atoms with Crippen molar-refractivity contribution in [2.45, 2.75) is 19.4 Å². The topological polar surface area (TPSA) is 38.0 Å². The molecule has 0 fully saturated rings. The second-order valence-corrected chi connectivity index (χ2v) is 3.34. The summed E-state index contributed by atoms with van der Waals surface area (Å²) in [6.07, 6.45) is 0.900. The van der Waals surface area contributed by atoms with E-state index in [0.717, 1.165) is 11.4 Å². The van der Waals surface area contributed by atoms with Crippen LogP contribution in [0.25, 0.3) is 0 Å². The quantitative estimate of drug-likeness (QED) is 0.555. The van der Waals surface area contributed by atoms with Gasteiger partial charge in [0.15, 0.2) is 0 Å². The van der Waals surface area contributed by atoms with Crippen LogP contribution in [0.1, 0.15) is 12.5 Å². The summed E-state index contributed by atoms with van der Waals surface area (Å²) in [5.74, 6) is 5.27. The normalized spacial score (nSPS) is 12.9. The summed E-state index contributed by atoms with van der Waals surface area (Å²) in [5, 5.41) is 0.775. The standard InChI is InChI=1S/C9H13ClN2/c1-7(12-11)5-8-3-2-4-9(10)6-8/h2-4,6-7,12H,5,11H2,1H3. The largest absolute Gasteiger partial charge is 0.271 e. The van der Waals surface area contributed by atoms with Gasteiger partial charge in [0.2, 0.25) is 0 Å². The smallest absolute Gasteiger partial charge is 0.0408 e. The van der Waals surface area contributed by atoms with Gasteiger partial charge in [-0.1, -0.05) is 23.7 Å². The van der Waals surface area contributed by atoms with E-state index in [9.17, 15) is 0 Å². The van der Waals surface area contributed by atoms with Crippen LogP contribution in [0.5, 0.6) is 0 Å². The minimum absolute atomic E-state index is 0.281. The summed E-state index contributed by atoms with van der Waals surface area (Å²) in [6.45, 7) is 2.03. The first-order valence-corrected chi connectivity index (χ1v) is 4.30. The molecule has 0 aliphatic heterocycles. The maximum atomic E-state index is 5.82. The van der Waals surface area contributed by atoms with Crippen LogP contribution in [0.15, 0.2) is 24.3 Å². The Kier molecular flexibility index (Phi) is 3.53. The third-order valence-electron chi connectivity index (χ3n) is 1.72. The highest BCUT2D eigenvalue weighted by molar-refractivity contribution is 6.30. The van der Waals surface area contributed by atoms with E-state index in [0.29, 0.717) is 0 Å². The van der Waals surface area contributed by atoms with Gasteiger partial charge in [-0.3, -0.25) is 11.3 Å². The summed E-state index contributed by atoms with van der Waals surface area (Å²) in [4.78, 5) is 0. The molecular formula is C9H13ClN2. The number of halogens is 1. The van der Waals surface area contributed by atoms with Crippen molar-refractivity contribution in [1.82, 2.24) is 5.43 Å². The Labute approximate surface area is 77.7 Å². The molecule has 1 rings (SSSR count). The maximum Gasteiger partial charge on any atom is 0.0408 e. The molecule has 0 saturated heterocycles. The first-order valence-electron chi connectivity index (χ1n) is 3.93. The first kappa shape index (κ1) is 9.52. The molecule has 3 heteroatoms. The van der Waals surface area contributed by atoms with Crippen LogP contribution in [0.2, 0.25) is 5.02 Å². The third kappa shape index (κ3) is 2.81. The lowest BCUT2D eigenvalue weighted by Crippen LogP contribution is -2.34. The average molecular weight is 185 g/mol. The predicted octanol–water partition coefficient (Wildman–Crippen LogP) is 1.73. The molecule has 0 aromatic heterocycles. The highest BCUT2D eigenvalue weighted by Crippen LogP contribution is 2.11. The molecule has 66 valence electrons. The van der Waals surface area contributed by atoms with Gasteiger partial charge in [0.05, 0.1) is 0 Å². The molecule has 0 aliphatic rings. The number of hydrogen-bond donors (Lipinski definition) is 2. The van der Waals surface area contributed by atoms with E-state index in [1.807, 2.05) is 31.2 Å². The number of rotatable bonds is 3. The van der Waals surface area contributed by atoms with Gasteiger partial charge in [-0.25, -0.2) is 0 Å². The number of nitrogens with one attached hydrogen (secondary N) is 1. The summed E-state index contributed by atoms with van der Waals surface area (Å²) >= 11 is 5.82. The van der Waals surface area contributed by atoms with Gasteiger partial charge in [-0.05, 0) is 31.0 Å². The SMILES string of the molecule is CC(Cc1cccc(Cl)c1)NN. The minimum atomic E-state index is 0.281. The second kappa shape index (κ2) is 4.45. The van der Waals surface area contributed by atoms with Crippen molar-refractivity contribution in [3.05, 3.63) is 34.9 Å². The number of hydrazine groups is 1. The zero-order chi connectivity index (χ0) is 8.97. The van der Waals surface area contributed by atoms with Crippen molar-refractivity contribution in [3.8, 4) is 0 Å². The molecule has 1 aromatic carbocycles. The van der Waals surface area contributed by atoms with Crippen molar-refractivity contribution in [3.63, 3.8) is 0 Å². The highest BCUT2D eigenvalue weighted by Gasteiger charge is 2.00. The molecule has 1 aromatic rings. The van der Waals surface area contributed by atoms with Crippen LogP contribution in [0.3, 0.4) is 0 Å². The van der Waals surface area contributed by atoms with Gasteiger partial charge in [-0.2, -0.15) is 0 Å². The van der Waals surface area contributed by atoms with Crippen molar-refractivity contribution in [2.24, 2.45) is 5.84 Å². The van der Waals surface area contributed by atoms with Crippen molar-refractivity contribution >= 4 is 11.6 Å². The van der Waals surface area contributed by atoms with Crippen molar-refractivity contribution in [2.75, 3.05) is 0 Å². The van der Waals surface area contributed by atoms with Gasteiger partial charge in [0.25, 0.3) is 0 Å². The van der Waals surface area contributed by atoms with Crippen LogP contribution >= 0.6 is 11.6 Å². The van der Waals surface area contributed by atoms with E-state index >= 15 is 0 Å². The lowest BCUT2D eigenvalue weighted by Gasteiger charge is -2.09.